The topological polar surface area (TPSA) is 64.9 Å². The zero-order chi connectivity index (χ0) is 11.8. The van der Waals surface area contributed by atoms with Crippen LogP contribution in [0.2, 0.25) is 0 Å². The van der Waals surface area contributed by atoms with Crippen LogP contribution in [0, 0.1) is 0 Å². The van der Waals surface area contributed by atoms with Gasteiger partial charge in [0.15, 0.2) is 5.58 Å². The lowest BCUT2D eigenvalue weighted by atomic mass is 10.3. The Hall–Kier alpha value is -1.24. The molecule has 0 aliphatic carbocycles. The van der Waals surface area contributed by atoms with Gasteiger partial charge in [0, 0.05) is 16.4 Å². The van der Waals surface area contributed by atoms with Gasteiger partial charge < -0.3 is 10.2 Å². The molecule has 2 aromatic heterocycles. The van der Waals surface area contributed by atoms with E-state index in [-0.39, 0.29) is 0 Å². The Bertz CT molecular complexity index is 676. The number of rotatable bonds is 2. The highest BCUT2D eigenvalue weighted by molar-refractivity contribution is 9.10. The number of halogens is 1. The van der Waals surface area contributed by atoms with E-state index in [0.29, 0.717) is 12.4 Å². The fourth-order valence-corrected chi connectivity index (χ4v) is 2.51. The lowest BCUT2D eigenvalue weighted by Gasteiger charge is -1.86. The molecule has 0 unspecified atom stereocenters. The van der Waals surface area contributed by atoms with Crippen LogP contribution >= 0.6 is 27.3 Å². The third kappa shape index (κ3) is 1.99. The Morgan fingerprint density at radius 3 is 3.00 bits per heavy atom. The molecule has 4 nitrogen and oxygen atoms in total. The second-order valence-electron chi connectivity index (χ2n) is 3.46. The molecule has 0 atom stereocenters. The Kier molecular flexibility index (Phi) is 2.70. The molecular formula is C11H8BrN3OS. The monoisotopic (exact) mass is 309 g/mol. The van der Waals surface area contributed by atoms with Gasteiger partial charge in [0.05, 0.1) is 0 Å². The minimum Gasteiger partial charge on any atom is -0.435 e. The molecule has 2 heterocycles. The number of oxazole rings is 1. The molecule has 2 N–H and O–H groups in total. The van der Waals surface area contributed by atoms with Crippen LogP contribution in [0.4, 0.5) is 0 Å². The molecule has 0 spiro atoms. The van der Waals surface area contributed by atoms with Crippen molar-refractivity contribution >= 4 is 38.4 Å². The van der Waals surface area contributed by atoms with Crippen molar-refractivity contribution in [1.29, 1.82) is 0 Å². The highest BCUT2D eigenvalue weighted by Crippen LogP contribution is 2.27. The summed E-state index contributed by atoms with van der Waals surface area (Å²) >= 11 is 4.91. The van der Waals surface area contributed by atoms with E-state index >= 15 is 0 Å². The molecule has 0 saturated carbocycles. The molecule has 0 saturated heterocycles. The van der Waals surface area contributed by atoms with Crippen molar-refractivity contribution in [2.45, 2.75) is 6.54 Å². The fourth-order valence-electron chi connectivity index (χ4n) is 1.51. The third-order valence-corrected chi connectivity index (χ3v) is 3.66. The van der Waals surface area contributed by atoms with Crippen LogP contribution in [0.5, 0.6) is 0 Å². The number of aromatic nitrogens is 2. The molecule has 1 aromatic carbocycles. The lowest BCUT2D eigenvalue weighted by Crippen LogP contribution is -1.94. The van der Waals surface area contributed by atoms with Crippen LogP contribution in [0.25, 0.3) is 22.7 Å². The summed E-state index contributed by atoms with van der Waals surface area (Å²) in [6, 6.07) is 5.72. The summed E-state index contributed by atoms with van der Waals surface area (Å²) in [6.07, 6.45) is 0. The second-order valence-corrected chi connectivity index (χ2v) is 5.32. The summed E-state index contributed by atoms with van der Waals surface area (Å²) in [4.78, 5) is 8.74. The summed E-state index contributed by atoms with van der Waals surface area (Å²) in [6.45, 7) is 0.441. The van der Waals surface area contributed by atoms with Crippen molar-refractivity contribution in [3.8, 4) is 11.6 Å². The minimum atomic E-state index is 0.441. The molecule has 86 valence electrons. The minimum absolute atomic E-state index is 0.441. The highest BCUT2D eigenvalue weighted by atomic mass is 79.9. The number of thiazole rings is 1. The van der Waals surface area contributed by atoms with E-state index in [1.165, 1.54) is 11.3 Å². The van der Waals surface area contributed by atoms with Crippen LogP contribution in [-0.2, 0) is 6.54 Å². The average molecular weight is 310 g/mol. The Balaban J connectivity index is 2.11. The van der Waals surface area contributed by atoms with Crippen molar-refractivity contribution in [3.63, 3.8) is 0 Å². The number of hydrogen-bond donors (Lipinski definition) is 1. The van der Waals surface area contributed by atoms with Gasteiger partial charge in [-0.2, -0.15) is 0 Å². The summed E-state index contributed by atoms with van der Waals surface area (Å²) in [7, 11) is 0. The molecule has 0 aliphatic heterocycles. The van der Waals surface area contributed by atoms with Crippen LogP contribution in [0.3, 0.4) is 0 Å². The van der Waals surface area contributed by atoms with Crippen molar-refractivity contribution < 1.29 is 4.42 Å². The first-order chi connectivity index (χ1) is 8.26. The van der Waals surface area contributed by atoms with Gasteiger partial charge in [-0.1, -0.05) is 15.9 Å². The first kappa shape index (κ1) is 10.9. The maximum atomic E-state index is 5.64. The molecule has 17 heavy (non-hydrogen) atoms. The summed E-state index contributed by atoms with van der Waals surface area (Å²) in [5.41, 5.74) is 7.84. The average Bonchev–Trinajstić information content (AvgIpc) is 2.93. The summed E-state index contributed by atoms with van der Waals surface area (Å²) < 4.78 is 6.62. The number of nitrogens with zero attached hydrogens (tertiary/aromatic N) is 2. The summed E-state index contributed by atoms with van der Waals surface area (Å²) in [5, 5.41) is 2.78. The van der Waals surface area contributed by atoms with Crippen molar-refractivity contribution in [2.75, 3.05) is 0 Å². The number of hydrogen-bond acceptors (Lipinski definition) is 5. The molecule has 0 amide bonds. The maximum Gasteiger partial charge on any atom is 0.247 e. The third-order valence-electron chi connectivity index (χ3n) is 2.30. The number of fused-ring (bicyclic) bond motifs is 1. The standard InChI is InChI=1S/C11H8BrN3OS/c12-6-1-2-9-7(3-6)15-11(16-9)8-5-17-10(4-13)14-8/h1-3,5H,4,13H2. The quantitative estimate of drug-likeness (QED) is 0.789. The van der Waals surface area contributed by atoms with Crippen LogP contribution in [-0.4, -0.2) is 9.97 Å². The zero-order valence-corrected chi connectivity index (χ0v) is 11.1. The van der Waals surface area contributed by atoms with Gasteiger partial charge in [0.1, 0.15) is 16.2 Å². The predicted molar refractivity (Wildman–Crippen MR) is 70.7 cm³/mol. The zero-order valence-electron chi connectivity index (χ0n) is 8.68. The molecule has 0 bridgehead atoms. The first-order valence-electron chi connectivity index (χ1n) is 4.97. The van der Waals surface area contributed by atoms with Crippen molar-refractivity contribution in [2.24, 2.45) is 5.73 Å². The van der Waals surface area contributed by atoms with E-state index in [0.717, 1.165) is 26.3 Å². The second kappa shape index (κ2) is 4.21. The predicted octanol–water partition coefficient (Wildman–Crippen LogP) is 3.17. The number of nitrogens with two attached hydrogens (primary N) is 1. The van der Waals surface area contributed by atoms with E-state index in [2.05, 4.69) is 25.9 Å². The molecule has 0 fully saturated rings. The van der Waals surface area contributed by atoms with Gasteiger partial charge in [-0.25, -0.2) is 9.97 Å². The smallest absolute Gasteiger partial charge is 0.247 e. The Morgan fingerprint density at radius 2 is 2.24 bits per heavy atom. The van der Waals surface area contributed by atoms with Gasteiger partial charge in [0.2, 0.25) is 5.89 Å². The van der Waals surface area contributed by atoms with Gasteiger partial charge in [0.25, 0.3) is 0 Å². The maximum absolute atomic E-state index is 5.64. The fraction of sp³-hybridized carbons (Fsp3) is 0.0909. The molecule has 6 heteroatoms. The Morgan fingerprint density at radius 1 is 1.35 bits per heavy atom. The molecule has 0 radical (unpaired) electrons. The van der Waals surface area contributed by atoms with E-state index < -0.39 is 0 Å². The van der Waals surface area contributed by atoms with E-state index in [1.54, 1.807) is 0 Å². The van der Waals surface area contributed by atoms with Crippen LogP contribution in [0.1, 0.15) is 5.01 Å². The van der Waals surface area contributed by atoms with Gasteiger partial charge >= 0.3 is 0 Å². The lowest BCUT2D eigenvalue weighted by molar-refractivity contribution is 0.617. The summed E-state index contributed by atoms with van der Waals surface area (Å²) in [5.74, 6) is 0.536. The highest BCUT2D eigenvalue weighted by Gasteiger charge is 2.11. The van der Waals surface area contributed by atoms with Gasteiger partial charge in [-0.15, -0.1) is 11.3 Å². The van der Waals surface area contributed by atoms with E-state index in [1.807, 2.05) is 23.6 Å². The SMILES string of the molecule is NCc1nc(-c2nc3cc(Br)ccc3o2)cs1. The largest absolute Gasteiger partial charge is 0.435 e. The number of benzene rings is 1. The van der Waals surface area contributed by atoms with E-state index in [9.17, 15) is 0 Å². The van der Waals surface area contributed by atoms with Gasteiger partial charge in [-0.05, 0) is 18.2 Å². The molecule has 3 rings (SSSR count). The van der Waals surface area contributed by atoms with Crippen molar-refractivity contribution in [3.05, 3.63) is 33.1 Å². The van der Waals surface area contributed by atoms with E-state index in [4.69, 9.17) is 10.2 Å². The molecule has 0 aliphatic rings. The molecule has 3 aromatic rings. The first-order valence-corrected chi connectivity index (χ1v) is 6.64. The van der Waals surface area contributed by atoms with Crippen LogP contribution in [0.15, 0.2) is 32.5 Å². The van der Waals surface area contributed by atoms with Crippen LogP contribution < -0.4 is 5.73 Å². The molecular weight excluding hydrogens is 302 g/mol. The normalized spacial score (nSPS) is 11.2. The Labute approximate surface area is 110 Å². The van der Waals surface area contributed by atoms with Crippen molar-refractivity contribution in [1.82, 2.24) is 9.97 Å². The van der Waals surface area contributed by atoms with Gasteiger partial charge in [-0.3, -0.25) is 0 Å².